The van der Waals surface area contributed by atoms with Crippen LogP contribution in [0.15, 0.2) is 42.7 Å². The zero-order chi connectivity index (χ0) is 30.4. The van der Waals surface area contributed by atoms with E-state index in [4.69, 9.17) is 24.5 Å². The first-order chi connectivity index (χ1) is 20.1. The highest BCUT2D eigenvalue weighted by molar-refractivity contribution is 7.37. The second-order valence-electron chi connectivity index (χ2n) is 9.87. The summed E-state index contributed by atoms with van der Waals surface area (Å²) in [6, 6.07) is 10.5. The number of carbonyl (C=O) groups excluding carboxylic acids is 1. The van der Waals surface area contributed by atoms with E-state index in [-0.39, 0.29) is 42.1 Å². The average molecular weight is 602 g/mol. The number of esters is 1. The molecule has 0 spiro atoms. The number of hydrogen-bond donors (Lipinski definition) is 4. The second kappa shape index (κ2) is 13.4. The van der Waals surface area contributed by atoms with Crippen molar-refractivity contribution in [3.63, 3.8) is 0 Å². The van der Waals surface area contributed by atoms with E-state index in [2.05, 4.69) is 15.2 Å². The fourth-order valence-corrected chi connectivity index (χ4v) is 5.35. The minimum absolute atomic E-state index is 0.0908. The number of para-hydroxylation sites is 2. The third-order valence-electron chi connectivity index (χ3n) is 7.19. The average Bonchev–Trinajstić information content (AvgIpc) is 3.53. The number of rotatable bonds is 13. The number of ether oxygens (including phenoxy) is 3. The van der Waals surface area contributed by atoms with Crippen molar-refractivity contribution < 1.29 is 38.3 Å². The molecule has 1 aromatic carbocycles. The van der Waals surface area contributed by atoms with Crippen molar-refractivity contribution in [1.29, 1.82) is 5.26 Å². The fourth-order valence-electron chi connectivity index (χ4n) is 4.54. The van der Waals surface area contributed by atoms with Gasteiger partial charge >= 0.3 is 14.1 Å². The molecule has 0 aliphatic carbocycles. The van der Waals surface area contributed by atoms with Crippen LogP contribution in [-0.2, 0) is 24.4 Å². The van der Waals surface area contributed by atoms with Gasteiger partial charge in [-0.25, -0.2) is 14.0 Å². The number of carbonyl (C=O) groups is 1. The predicted molar refractivity (Wildman–Crippen MR) is 149 cm³/mol. The van der Waals surface area contributed by atoms with Crippen molar-refractivity contribution in [2.45, 2.75) is 63.6 Å². The van der Waals surface area contributed by atoms with Gasteiger partial charge in [-0.1, -0.05) is 43.9 Å². The molecule has 0 saturated carbocycles. The molecule has 6 atom stereocenters. The summed E-state index contributed by atoms with van der Waals surface area (Å²) in [5.41, 5.74) is 4.46. The standard InChI is InChI=1S/C27H34N6O8P/c1-4-17(5-2)12-39-26(36)16(3)32-42(37)41-20-9-7-6-8-19(20)38-13-21-23(34)24(35)27(14-28,40-21)22-11-10-18-25(29)30-15-31-33(18)22/h6-11,15-17,21,23-24,34-35H,4-5,12-13H2,1-3H3,(H,32,37)(H2,29,30,31)/q+1/t16?,21-,23-,24-,27+/m1/s1. The first-order valence-electron chi connectivity index (χ1n) is 13.5. The Bertz CT molecular complexity index is 1460. The highest BCUT2D eigenvalue weighted by Gasteiger charge is 2.57. The molecule has 0 radical (unpaired) electrons. The van der Waals surface area contributed by atoms with E-state index in [1.54, 1.807) is 24.3 Å². The minimum Gasteiger partial charge on any atom is -0.487 e. The molecule has 14 nitrogen and oxygen atoms in total. The van der Waals surface area contributed by atoms with Crippen molar-refractivity contribution in [2.24, 2.45) is 5.92 Å². The molecule has 1 aliphatic rings. The van der Waals surface area contributed by atoms with Crippen molar-refractivity contribution in [2.75, 3.05) is 18.9 Å². The SMILES string of the molecule is CCC(CC)COC(=O)C(C)N[P+](=O)Oc1ccccc1OC[C@H]1O[C@@](C#N)(c2ccc3c(N)ncnn23)[C@H](O)[C@@H]1O. The molecule has 0 bridgehead atoms. The Morgan fingerprint density at radius 3 is 2.67 bits per heavy atom. The topological polar surface area (TPSA) is 204 Å². The number of nitrogens with one attached hydrogen (secondary N) is 1. The monoisotopic (exact) mass is 601 g/mol. The summed E-state index contributed by atoms with van der Waals surface area (Å²) in [7, 11) is -2.55. The van der Waals surface area contributed by atoms with Crippen LogP contribution in [0, 0.1) is 17.2 Å². The lowest BCUT2D eigenvalue weighted by Gasteiger charge is -2.24. The Labute approximate surface area is 243 Å². The number of aliphatic hydroxyl groups excluding tert-OH is 2. The highest BCUT2D eigenvalue weighted by Crippen LogP contribution is 2.41. The Morgan fingerprint density at radius 2 is 1.98 bits per heavy atom. The van der Waals surface area contributed by atoms with Crippen LogP contribution in [0.1, 0.15) is 39.3 Å². The minimum atomic E-state index is -2.55. The Hall–Kier alpha value is -3.86. The van der Waals surface area contributed by atoms with E-state index in [0.29, 0.717) is 5.52 Å². The van der Waals surface area contributed by atoms with Crippen LogP contribution in [0.4, 0.5) is 5.82 Å². The van der Waals surface area contributed by atoms with E-state index in [9.17, 15) is 24.8 Å². The predicted octanol–water partition coefficient (Wildman–Crippen LogP) is 2.22. The van der Waals surface area contributed by atoms with E-state index in [1.807, 2.05) is 19.9 Å². The lowest BCUT2D eigenvalue weighted by atomic mass is 9.92. The van der Waals surface area contributed by atoms with E-state index in [0.717, 1.165) is 12.8 Å². The third-order valence-corrected chi connectivity index (χ3v) is 8.15. The molecule has 42 heavy (non-hydrogen) atoms. The number of nitrogens with zero attached hydrogens (tertiary/aromatic N) is 4. The van der Waals surface area contributed by atoms with Crippen LogP contribution in [0.5, 0.6) is 11.5 Å². The second-order valence-corrected chi connectivity index (χ2v) is 10.8. The van der Waals surface area contributed by atoms with Gasteiger partial charge in [0.05, 0.1) is 12.3 Å². The van der Waals surface area contributed by atoms with Crippen LogP contribution in [-0.4, -0.2) is 68.3 Å². The Kier molecular flexibility index (Phi) is 9.93. The molecule has 2 aromatic heterocycles. The van der Waals surface area contributed by atoms with Crippen LogP contribution in [0.25, 0.3) is 5.52 Å². The summed E-state index contributed by atoms with van der Waals surface area (Å²) in [6.07, 6.45) is -1.34. The Balaban J connectivity index is 1.41. The third kappa shape index (κ3) is 6.30. The summed E-state index contributed by atoms with van der Waals surface area (Å²) < 4.78 is 36.5. The molecule has 4 rings (SSSR count). The van der Waals surface area contributed by atoms with Gasteiger partial charge < -0.3 is 30.2 Å². The first-order valence-corrected chi connectivity index (χ1v) is 14.7. The summed E-state index contributed by atoms with van der Waals surface area (Å²) in [5.74, 6) is 0.116. The maximum atomic E-state index is 12.7. The molecule has 2 unspecified atom stereocenters. The normalized spacial score (nSPS) is 23.0. The number of fused-ring (bicyclic) bond motifs is 1. The van der Waals surface area contributed by atoms with Gasteiger partial charge in [-0.2, -0.15) is 10.4 Å². The lowest BCUT2D eigenvalue weighted by Crippen LogP contribution is -2.41. The fraction of sp³-hybridized carbons (Fsp3) is 0.481. The summed E-state index contributed by atoms with van der Waals surface area (Å²) in [4.78, 5) is 16.2. The van der Waals surface area contributed by atoms with Gasteiger partial charge in [0.1, 0.15) is 48.9 Å². The zero-order valence-corrected chi connectivity index (χ0v) is 24.3. The number of nitrogens with two attached hydrogens (primary N) is 1. The number of aromatic nitrogens is 3. The van der Waals surface area contributed by atoms with E-state index >= 15 is 0 Å². The van der Waals surface area contributed by atoms with Gasteiger partial charge in [-0.15, -0.1) is 0 Å². The van der Waals surface area contributed by atoms with Crippen molar-refractivity contribution in [3.05, 3.63) is 48.4 Å². The molecule has 3 aromatic rings. The smallest absolute Gasteiger partial charge is 0.487 e. The van der Waals surface area contributed by atoms with Gasteiger partial charge in [0, 0.05) is 4.57 Å². The number of benzene rings is 1. The van der Waals surface area contributed by atoms with Gasteiger partial charge in [0.25, 0.3) is 0 Å². The van der Waals surface area contributed by atoms with Crippen molar-refractivity contribution in [3.8, 4) is 17.6 Å². The number of anilines is 1. The van der Waals surface area contributed by atoms with Crippen molar-refractivity contribution >= 4 is 25.5 Å². The van der Waals surface area contributed by atoms with E-state index in [1.165, 1.54) is 29.9 Å². The molecule has 1 aliphatic heterocycles. The number of aliphatic hydroxyl groups is 2. The molecule has 224 valence electrons. The largest absolute Gasteiger partial charge is 0.664 e. The van der Waals surface area contributed by atoms with Crippen LogP contribution < -0.4 is 20.1 Å². The number of nitrogen functional groups attached to an aromatic ring is 1. The maximum Gasteiger partial charge on any atom is 0.664 e. The van der Waals surface area contributed by atoms with Gasteiger partial charge in [-0.05, 0) is 37.1 Å². The lowest BCUT2D eigenvalue weighted by molar-refractivity contribution is -0.146. The van der Waals surface area contributed by atoms with E-state index < -0.39 is 44.1 Å². The van der Waals surface area contributed by atoms with Crippen molar-refractivity contribution in [1.82, 2.24) is 19.7 Å². The molecular weight excluding hydrogens is 567 g/mol. The van der Waals surface area contributed by atoms with Gasteiger partial charge in [-0.3, -0.25) is 4.79 Å². The van der Waals surface area contributed by atoms with Gasteiger partial charge in [0.2, 0.25) is 11.4 Å². The summed E-state index contributed by atoms with van der Waals surface area (Å²) >= 11 is 0. The molecule has 0 amide bonds. The van der Waals surface area contributed by atoms with Gasteiger partial charge in [0.15, 0.2) is 11.6 Å². The zero-order valence-electron chi connectivity index (χ0n) is 23.4. The highest BCUT2D eigenvalue weighted by atomic mass is 31.1. The van der Waals surface area contributed by atoms with Crippen LogP contribution in [0.3, 0.4) is 0 Å². The Morgan fingerprint density at radius 1 is 1.26 bits per heavy atom. The number of nitriles is 1. The molecule has 5 N–H and O–H groups in total. The quantitative estimate of drug-likeness (QED) is 0.164. The molecule has 3 heterocycles. The molecule has 1 saturated heterocycles. The summed E-state index contributed by atoms with van der Waals surface area (Å²) in [6.45, 7) is 5.54. The summed E-state index contributed by atoms with van der Waals surface area (Å²) in [5, 5.41) is 38.5. The number of hydrogen-bond acceptors (Lipinski definition) is 12. The molecule has 15 heteroatoms. The first kappa shape index (κ1) is 31.1. The molecular formula is C27H34N6O8P+. The van der Waals surface area contributed by atoms with Crippen LogP contribution in [0.2, 0.25) is 0 Å². The maximum absolute atomic E-state index is 12.7. The molecule has 1 fully saturated rings. The van der Waals surface area contributed by atoms with Crippen LogP contribution >= 0.6 is 8.18 Å².